The van der Waals surface area contributed by atoms with E-state index in [1.807, 2.05) is 30.3 Å². The average Bonchev–Trinajstić information content (AvgIpc) is 3.39. The van der Waals surface area contributed by atoms with Crippen LogP contribution in [0.3, 0.4) is 0 Å². The normalized spacial score (nSPS) is 11.7. The van der Waals surface area contributed by atoms with E-state index in [1.54, 1.807) is 28.8 Å². The molecule has 5 rings (SSSR count). The highest BCUT2D eigenvalue weighted by molar-refractivity contribution is 7.17. The number of nitrogens with zero attached hydrogens (tertiary/aromatic N) is 5. The van der Waals surface area contributed by atoms with Gasteiger partial charge in [-0.3, -0.25) is 10.1 Å². The number of non-ortho nitro benzene ring substituents is 1. The Bertz CT molecular complexity index is 1330. The van der Waals surface area contributed by atoms with Crippen LogP contribution in [0.15, 0.2) is 59.0 Å². The van der Waals surface area contributed by atoms with Crippen molar-refractivity contribution in [3.63, 3.8) is 0 Å². The summed E-state index contributed by atoms with van der Waals surface area (Å²) in [5.74, 6) is 1.12. The molecule has 3 heterocycles. The first-order chi connectivity index (χ1) is 13.7. The summed E-state index contributed by atoms with van der Waals surface area (Å²) in [4.78, 5) is 11.1. The SMILES string of the molecule is O=[N+]([O-])c1cccc(/C=C/c2nn3c(-c4cc5ccccc5o4)nnc3s2)c1. The second kappa shape index (κ2) is 6.39. The third-order valence-electron chi connectivity index (χ3n) is 4.15. The van der Waals surface area contributed by atoms with E-state index in [-0.39, 0.29) is 5.69 Å². The van der Waals surface area contributed by atoms with Gasteiger partial charge in [0.2, 0.25) is 10.8 Å². The summed E-state index contributed by atoms with van der Waals surface area (Å²) in [6.07, 6.45) is 3.57. The number of hydrogen-bond donors (Lipinski definition) is 0. The average molecular weight is 389 g/mol. The van der Waals surface area contributed by atoms with Gasteiger partial charge in [0.15, 0.2) is 5.76 Å². The van der Waals surface area contributed by atoms with Crippen molar-refractivity contribution >= 4 is 45.1 Å². The summed E-state index contributed by atoms with van der Waals surface area (Å²) < 4.78 is 7.49. The van der Waals surface area contributed by atoms with Crippen molar-refractivity contribution in [1.29, 1.82) is 0 Å². The second-order valence-corrected chi connectivity index (χ2v) is 6.98. The van der Waals surface area contributed by atoms with Gasteiger partial charge in [0.25, 0.3) is 5.69 Å². The van der Waals surface area contributed by atoms with Crippen LogP contribution in [0.25, 0.3) is 39.7 Å². The lowest BCUT2D eigenvalue weighted by molar-refractivity contribution is -0.384. The number of fused-ring (bicyclic) bond motifs is 2. The molecule has 5 aromatic rings. The maximum absolute atomic E-state index is 10.9. The van der Waals surface area contributed by atoms with Gasteiger partial charge in [-0.1, -0.05) is 47.7 Å². The van der Waals surface area contributed by atoms with E-state index >= 15 is 0 Å². The van der Waals surface area contributed by atoms with Crippen molar-refractivity contribution in [3.05, 3.63) is 75.3 Å². The summed E-state index contributed by atoms with van der Waals surface area (Å²) in [6.45, 7) is 0. The van der Waals surface area contributed by atoms with Crippen LogP contribution >= 0.6 is 11.3 Å². The maximum atomic E-state index is 10.9. The minimum Gasteiger partial charge on any atom is -0.453 e. The Labute approximate surface area is 161 Å². The Hall–Kier alpha value is -3.85. The monoisotopic (exact) mass is 389 g/mol. The standard InChI is InChI=1S/C19H11N5O3S/c25-24(26)14-6-3-4-12(10-14)8-9-17-22-23-18(20-21-19(23)28-17)16-11-13-5-1-2-7-15(13)27-16/h1-11H/b9-8+. The van der Waals surface area contributed by atoms with E-state index in [0.717, 1.165) is 16.5 Å². The molecule has 0 saturated heterocycles. The fraction of sp³-hybridized carbons (Fsp3) is 0. The number of para-hydroxylation sites is 1. The molecule has 0 N–H and O–H groups in total. The molecule has 0 aliphatic carbocycles. The lowest BCUT2D eigenvalue weighted by Crippen LogP contribution is -1.89. The Kier molecular flexibility index (Phi) is 3.73. The molecule has 0 spiro atoms. The van der Waals surface area contributed by atoms with Crippen LogP contribution in [0, 0.1) is 10.1 Å². The highest BCUT2D eigenvalue weighted by Crippen LogP contribution is 2.28. The van der Waals surface area contributed by atoms with Crippen molar-refractivity contribution in [3.8, 4) is 11.6 Å². The zero-order chi connectivity index (χ0) is 19.1. The molecule has 8 nitrogen and oxygen atoms in total. The molecule has 0 aliphatic heterocycles. The molecule has 136 valence electrons. The van der Waals surface area contributed by atoms with Crippen LogP contribution in [0.5, 0.6) is 0 Å². The van der Waals surface area contributed by atoms with Gasteiger partial charge < -0.3 is 4.42 Å². The Morgan fingerprint density at radius 1 is 1.07 bits per heavy atom. The molecular weight excluding hydrogens is 378 g/mol. The van der Waals surface area contributed by atoms with Crippen molar-refractivity contribution < 1.29 is 9.34 Å². The summed E-state index contributed by atoms with van der Waals surface area (Å²) in [7, 11) is 0. The lowest BCUT2D eigenvalue weighted by atomic mass is 10.2. The van der Waals surface area contributed by atoms with Gasteiger partial charge in [-0.05, 0) is 23.8 Å². The summed E-state index contributed by atoms with van der Waals surface area (Å²) in [5.41, 5.74) is 1.54. The molecule has 0 amide bonds. The van der Waals surface area contributed by atoms with Crippen LogP contribution in [0.1, 0.15) is 10.6 Å². The minimum atomic E-state index is -0.417. The molecule has 28 heavy (non-hydrogen) atoms. The first-order valence-corrected chi connectivity index (χ1v) is 9.13. The quantitative estimate of drug-likeness (QED) is 0.327. The number of nitro benzene ring substituents is 1. The zero-order valence-corrected chi connectivity index (χ0v) is 15.0. The van der Waals surface area contributed by atoms with E-state index in [9.17, 15) is 10.1 Å². The first-order valence-electron chi connectivity index (χ1n) is 8.31. The molecule has 0 atom stereocenters. The minimum absolute atomic E-state index is 0.0486. The van der Waals surface area contributed by atoms with Gasteiger partial charge in [0.05, 0.1) is 4.92 Å². The maximum Gasteiger partial charge on any atom is 0.270 e. The zero-order valence-electron chi connectivity index (χ0n) is 14.2. The van der Waals surface area contributed by atoms with Crippen molar-refractivity contribution in [2.45, 2.75) is 0 Å². The molecule has 3 aromatic heterocycles. The molecule has 0 radical (unpaired) electrons. The highest BCUT2D eigenvalue weighted by Gasteiger charge is 2.16. The summed E-state index contributed by atoms with van der Waals surface area (Å²) in [6, 6.07) is 16.0. The number of rotatable bonds is 4. The van der Waals surface area contributed by atoms with E-state index < -0.39 is 4.92 Å². The molecule has 0 saturated carbocycles. The highest BCUT2D eigenvalue weighted by atomic mass is 32.1. The van der Waals surface area contributed by atoms with Crippen LogP contribution < -0.4 is 0 Å². The van der Waals surface area contributed by atoms with Gasteiger partial charge in [-0.25, -0.2) is 0 Å². The Balaban J connectivity index is 1.49. The number of benzene rings is 2. The molecule has 0 unspecified atom stereocenters. The van der Waals surface area contributed by atoms with Crippen LogP contribution in [-0.4, -0.2) is 24.7 Å². The summed E-state index contributed by atoms with van der Waals surface area (Å²) >= 11 is 1.37. The lowest BCUT2D eigenvalue weighted by Gasteiger charge is -1.93. The number of nitro groups is 1. The molecule has 2 aromatic carbocycles. The largest absolute Gasteiger partial charge is 0.453 e. The summed E-state index contributed by atoms with van der Waals surface area (Å²) in [5, 5.41) is 25.4. The van der Waals surface area contributed by atoms with Crippen molar-refractivity contribution in [2.24, 2.45) is 0 Å². The molecule has 0 bridgehead atoms. The van der Waals surface area contributed by atoms with Gasteiger partial charge in [0, 0.05) is 17.5 Å². The number of furan rings is 1. The number of hydrogen-bond acceptors (Lipinski definition) is 7. The third kappa shape index (κ3) is 2.83. The fourth-order valence-corrected chi connectivity index (χ4v) is 3.60. The molecular formula is C19H11N5O3S. The van der Waals surface area contributed by atoms with Gasteiger partial charge in [-0.15, -0.1) is 10.2 Å². The van der Waals surface area contributed by atoms with Crippen molar-refractivity contribution in [1.82, 2.24) is 19.8 Å². The predicted molar refractivity (Wildman–Crippen MR) is 106 cm³/mol. The van der Waals surface area contributed by atoms with E-state index in [4.69, 9.17) is 4.42 Å². The van der Waals surface area contributed by atoms with E-state index in [0.29, 0.717) is 21.6 Å². The predicted octanol–water partition coefficient (Wildman–Crippen LogP) is 4.68. The molecule has 9 heteroatoms. The molecule has 0 aliphatic rings. The van der Waals surface area contributed by atoms with Crippen LogP contribution in [0.4, 0.5) is 5.69 Å². The van der Waals surface area contributed by atoms with Gasteiger partial charge >= 0.3 is 0 Å². The van der Waals surface area contributed by atoms with Gasteiger partial charge in [0.1, 0.15) is 10.6 Å². The topological polar surface area (TPSA) is 99.4 Å². The van der Waals surface area contributed by atoms with Crippen LogP contribution in [-0.2, 0) is 0 Å². The van der Waals surface area contributed by atoms with Crippen molar-refractivity contribution in [2.75, 3.05) is 0 Å². The fourth-order valence-electron chi connectivity index (χ4n) is 2.85. The Morgan fingerprint density at radius 3 is 2.82 bits per heavy atom. The number of aromatic nitrogens is 4. The second-order valence-electron chi connectivity index (χ2n) is 5.99. The van der Waals surface area contributed by atoms with Crippen LogP contribution in [0.2, 0.25) is 0 Å². The molecule has 0 fully saturated rings. The Morgan fingerprint density at radius 2 is 1.96 bits per heavy atom. The smallest absolute Gasteiger partial charge is 0.270 e. The van der Waals surface area contributed by atoms with E-state index in [2.05, 4.69) is 15.3 Å². The third-order valence-corrected chi connectivity index (χ3v) is 5.02. The first kappa shape index (κ1) is 16.3. The van der Waals surface area contributed by atoms with Gasteiger partial charge in [-0.2, -0.15) is 9.61 Å². The van der Waals surface area contributed by atoms with E-state index in [1.165, 1.54) is 23.5 Å².